The van der Waals surface area contributed by atoms with Crippen LogP contribution in [-0.4, -0.2) is 14.5 Å². The molecule has 0 amide bonds. The topological polar surface area (TPSA) is 43.9 Å². The van der Waals surface area contributed by atoms with Gasteiger partial charge in [0, 0.05) is 64.1 Å². The van der Waals surface area contributed by atoms with Gasteiger partial charge in [-0.2, -0.15) is 0 Å². The van der Waals surface area contributed by atoms with Gasteiger partial charge >= 0.3 is 0 Å². The zero-order chi connectivity index (χ0) is 33.5. The number of para-hydroxylation sites is 2. The van der Waals surface area contributed by atoms with Crippen LogP contribution in [0.5, 0.6) is 0 Å². The molecule has 0 N–H and O–H groups in total. The molecule has 0 aliphatic carbocycles. The highest BCUT2D eigenvalue weighted by Gasteiger charge is 2.19. The van der Waals surface area contributed by atoms with Gasteiger partial charge in [-0.3, -0.25) is 0 Å². The third-order valence-corrected chi connectivity index (χ3v) is 11.3. The monoisotopic (exact) mass is 669 g/mol. The summed E-state index contributed by atoms with van der Waals surface area (Å²) in [7, 11) is 0. The van der Waals surface area contributed by atoms with E-state index in [0.29, 0.717) is 5.82 Å². The molecule has 0 aliphatic heterocycles. The molecule has 0 saturated heterocycles. The van der Waals surface area contributed by atoms with Crippen LogP contribution in [0.15, 0.2) is 168 Å². The van der Waals surface area contributed by atoms with Crippen molar-refractivity contribution in [3.8, 4) is 39.6 Å². The first-order chi connectivity index (χ1) is 25.3. The predicted molar refractivity (Wildman–Crippen MR) is 213 cm³/mol. The Balaban J connectivity index is 1.09. The Morgan fingerprint density at radius 3 is 2.08 bits per heavy atom. The van der Waals surface area contributed by atoms with Crippen LogP contribution in [0.2, 0.25) is 0 Å². The number of benzene rings is 7. The number of rotatable bonds is 4. The van der Waals surface area contributed by atoms with Gasteiger partial charge in [-0.15, -0.1) is 11.3 Å². The second-order valence-electron chi connectivity index (χ2n) is 12.9. The average molecular weight is 670 g/mol. The summed E-state index contributed by atoms with van der Waals surface area (Å²) in [6.07, 6.45) is 0. The van der Waals surface area contributed by atoms with Crippen molar-refractivity contribution < 1.29 is 4.42 Å². The third kappa shape index (κ3) is 4.32. The number of furan rings is 1. The van der Waals surface area contributed by atoms with Crippen molar-refractivity contribution in [3.63, 3.8) is 0 Å². The molecule has 51 heavy (non-hydrogen) atoms. The minimum Gasteiger partial charge on any atom is -0.456 e. The highest BCUT2D eigenvalue weighted by Crippen LogP contribution is 2.42. The first-order valence-corrected chi connectivity index (χ1v) is 17.9. The SMILES string of the molecule is c1ccc(-c2cc(-c3cccc4c3sc3ccccc34)nc(-c3ccc(-n4c5ccccc5c5c6c(ccc54)oc4ccccc46)cc3)n2)cc1. The van der Waals surface area contributed by atoms with Gasteiger partial charge in [0.15, 0.2) is 5.82 Å². The van der Waals surface area contributed by atoms with Gasteiger partial charge in [-0.1, -0.05) is 103 Å². The molecule has 7 aromatic carbocycles. The fourth-order valence-electron chi connectivity index (χ4n) is 7.73. The van der Waals surface area contributed by atoms with Crippen molar-refractivity contribution >= 4 is 75.3 Å². The van der Waals surface area contributed by atoms with Gasteiger partial charge in [-0.25, -0.2) is 9.97 Å². The summed E-state index contributed by atoms with van der Waals surface area (Å²) < 4.78 is 11.2. The third-order valence-electron chi connectivity index (χ3n) is 10.0. The van der Waals surface area contributed by atoms with Gasteiger partial charge in [0.05, 0.1) is 22.4 Å². The first kappa shape index (κ1) is 28.3. The molecular weight excluding hydrogens is 643 g/mol. The summed E-state index contributed by atoms with van der Waals surface area (Å²) in [5.41, 5.74) is 10.1. The zero-order valence-corrected chi connectivity index (χ0v) is 28.1. The summed E-state index contributed by atoms with van der Waals surface area (Å²) in [6.45, 7) is 0. The lowest BCUT2D eigenvalue weighted by Gasteiger charge is -2.12. The molecule has 0 radical (unpaired) electrons. The van der Waals surface area contributed by atoms with Crippen LogP contribution in [0.1, 0.15) is 0 Å². The molecule has 0 bridgehead atoms. The Kier molecular flexibility index (Phi) is 6.09. The molecule has 11 aromatic rings. The molecular formula is C46H27N3OS. The summed E-state index contributed by atoms with van der Waals surface area (Å²) in [6, 6.07) is 57.6. The van der Waals surface area contributed by atoms with Crippen molar-refractivity contribution in [3.05, 3.63) is 164 Å². The van der Waals surface area contributed by atoms with E-state index in [1.54, 1.807) is 0 Å². The predicted octanol–water partition coefficient (Wildman–Crippen LogP) is 12.8. The van der Waals surface area contributed by atoms with Gasteiger partial charge in [-0.05, 0) is 60.7 Å². The highest BCUT2D eigenvalue weighted by molar-refractivity contribution is 7.26. The Bertz CT molecular complexity index is 3130. The van der Waals surface area contributed by atoms with E-state index in [1.807, 2.05) is 29.5 Å². The van der Waals surface area contributed by atoms with Gasteiger partial charge in [0.2, 0.25) is 0 Å². The number of hydrogen-bond acceptors (Lipinski definition) is 4. The molecule has 11 rings (SSSR count). The Labute approximate surface area is 296 Å². The summed E-state index contributed by atoms with van der Waals surface area (Å²) in [5.74, 6) is 0.699. The maximum atomic E-state index is 6.29. The van der Waals surface area contributed by atoms with E-state index in [2.05, 4.69) is 150 Å². The van der Waals surface area contributed by atoms with Crippen molar-refractivity contribution in [1.82, 2.24) is 14.5 Å². The lowest BCUT2D eigenvalue weighted by Crippen LogP contribution is -1.97. The maximum absolute atomic E-state index is 6.29. The van der Waals surface area contributed by atoms with Gasteiger partial charge in [0.25, 0.3) is 0 Å². The number of thiophene rings is 1. The summed E-state index contributed by atoms with van der Waals surface area (Å²) in [4.78, 5) is 10.4. The van der Waals surface area contributed by atoms with Crippen LogP contribution in [0.4, 0.5) is 0 Å². The molecule has 5 heteroatoms. The first-order valence-electron chi connectivity index (χ1n) is 17.1. The van der Waals surface area contributed by atoms with E-state index < -0.39 is 0 Å². The molecule has 0 aliphatic rings. The number of nitrogens with zero attached hydrogens (tertiary/aromatic N) is 3. The van der Waals surface area contributed by atoms with Crippen LogP contribution in [0.25, 0.3) is 104 Å². The van der Waals surface area contributed by atoms with Gasteiger partial charge in [0.1, 0.15) is 11.2 Å². The van der Waals surface area contributed by atoms with E-state index in [0.717, 1.165) is 66.7 Å². The minimum atomic E-state index is 0.699. The molecule has 238 valence electrons. The number of hydrogen-bond donors (Lipinski definition) is 0. The van der Waals surface area contributed by atoms with Crippen LogP contribution >= 0.6 is 11.3 Å². The maximum Gasteiger partial charge on any atom is 0.160 e. The molecule has 0 fully saturated rings. The molecule has 0 atom stereocenters. The van der Waals surface area contributed by atoms with Gasteiger partial charge < -0.3 is 8.98 Å². The van der Waals surface area contributed by atoms with Crippen LogP contribution in [0.3, 0.4) is 0 Å². The zero-order valence-electron chi connectivity index (χ0n) is 27.2. The lowest BCUT2D eigenvalue weighted by molar-refractivity contribution is 0.669. The second kappa shape index (κ2) is 11.0. The van der Waals surface area contributed by atoms with E-state index in [1.165, 1.54) is 30.9 Å². The van der Waals surface area contributed by atoms with E-state index in [-0.39, 0.29) is 0 Å². The summed E-state index contributed by atoms with van der Waals surface area (Å²) >= 11 is 1.82. The molecule has 0 unspecified atom stereocenters. The molecule has 4 heterocycles. The Morgan fingerprint density at radius 2 is 1.20 bits per heavy atom. The van der Waals surface area contributed by atoms with Crippen LogP contribution < -0.4 is 0 Å². The normalized spacial score (nSPS) is 11.9. The van der Waals surface area contributed by atoms with Crippen molar-refractivity contribution in [2.24, 2.45) is 0 Å². The lowest BCUT2D eigenvalue weighted by atomic mass is 10.0. The fraction of sp³-hybridized carbons (Fsp3) is 0. The number of aromatic nitrogens is 3. The van der Waals surface area contributed by atoms with Crippen molar-refractivity contribution in [2.45, 2.75) is 0 Å². The largest absolute Gasteiger partial charge is 0.456 e. The molecule has 0 saturated carbocycles. The van der Waals surface area contributed by atoms with E-state index >= 15 is 0 Å². The minimum absolute atomic E-state index is 0.699. The van der Waals surface area contributed by atoms with E-state index in [4.69, 9.17) is 14.4 Å². The second-order valence-corrected chi connectivity index (χ2v) is 14.0. The van der Waals surface area contributed by atoms with Crippen molar-refractivity contribution in [2.75, 3.05) is 0 Å². The van der Waals surface area contributed by atoms with Crippen LogP contribution in [0, 0.1) is 0 Å². The average Bonchev–Trinajstić information content (AvgIpc) is 3.87. The van der Waals surface area contributed by atoms with E-state index in [9.17, 15) is 0 Å². The Hall–Kier alpha value is -6.56. The smallest absolute Gasteiger partial charge is 0.160 e. The molecule has 0 spiro atoms. The molecule has 4 aromatic heterocycles. The Morgan fingerprint density at radius 1 is 0.471 bits per heavy atom. The quantitative estimate of drug-likeness (QED) is 0.187. The fourth-order valence-corrected chi connectivity index (χ4v) is 8.96. The van der Waals surface area contributed by atoms with Crippen LogP contribution in [-0.2, 0) is 0 Å². The highest BCUT2D eigenvalue weighted by atomic mass is 32.1. The summed E-state index contributed by atoms with van der Waals surface area (Å²) in [5, 5.41) is 7.23. The van der Waals surface area contributed by atoms with Crippen molar-refractivity contribution in [1.29, 1.82) is 0 Å². The number of fused-ring (bicyclic) bond motifs is 10. The molecule has 4 nitrogen and oxygen atoms in total. The standard InChI is InChI=1S/C46H27N3OS/c1-2-11-28(12-3-1)36-27-37(33-17-10-16-32-31-13-6-9-20-42(31)51-45(32)33)48-46(47-36)29-21-23-30(24-22-29)49-38-18-7-4-14-34(38)43-39(49)25-26-41-44(43)35-15-5-8-19-40(35)50-41/h1-27H.